The summed E-state index contributed by atoms with van der Waals surface area (Å²) in [6.07, 6.45) is 0. The zero-order chi connectivity index (χ0) is 13.5. The van der Waals surface area contributed by atoms with E-state index < -0.39 is 0 Å². The molecule has 1 saturated heterocycles. The Morgan fingerprint density at radius 1 is 1.50 bits per heavy atom. The van der Waals surface area contributed by atoms with E-state index in [0.29, 0.717) is 13.1 Å². The van der Waals surface area contributed by atoms with Gasteiger partial charge < -0.3 is 15.4 Å². The molecule has 2 N–H and O–H groups in total. The molecule has 0 aliphatic carbocycles. The number of rotatable bonds is 6. The monoisotopic (exact) mass is 319 g/mol. The molecule has 1 aromatic rings. The van der Waals surface area contributed by atoms with E-state index in [-0.39, 0.29) is 24.4 Å². The van der Waals surface area contributed by atoms with Gasteiger partial charge in [-0.3, -0.25) is 9.69 Å². The highest BCUT2D eigenvalue weighted by Gasteiger charge is 2.23. The Morgan fingerprint density at radius 3 is 2.85 bits per heavy atom. The number of morpholine rings is 1. The highest BCUT2D eigenvalue weighted by Crippen LogP contribution is 2.25. The smallest absolute Gasteiger partial charge is 0.234 e. The lowest BCUT2D eigenvalue weighted by molar-refractivity contribution is -0.120. The molecule has 1 aromatic heterocycles. The van der Waals surface area contributed by atoms with E-state index in [2.05, 4.69) is 33.0 Å². The van der Waals surface area contributed by atoms with Crippen molar-refractivity contribution < 1.29 is 9.53 Å². The minimum absolute atomic E-state index is 0. The second-order valence-corrected chi connectivity index (χ2v) is 5.49. The normalized spacial score (nSPS) is 17.2. The molecule has 0 spiro atoms. The van der Waals surface area contributed by atoms with E-state index in [9.17, 15) is 4.79 Å². The van der Waals surface area contributed by atoms with Gasteiger partial charge in [0.1, 0.15) is 0 Å². The van der Waals surface area contributed by atoms with E-state index in [0.717, 1.165) is 26.3 Å². The first-order valence-electron chi connectivity index (χ1n) is 6.57. The summed E-state index contributed by atoms with van der Waals surface area (Å²) < 4.78 is 5.40. The summed E-state index contributed by atoms with van der Waals surface area (Å²) in [4.78, 5) is 15.3. The molecule has 0 aromatic carbocycles. The standard InChI is InChI=1S/C13H21N3O2S.ClH/c1-14-10-13(17)15-9-11(12-3-2-8-19-12)16-4-6-18-7-5-16;/h2-3,8,11,14H,4-7,9-10H2,1H3,(H,15,17);1H. The predicted molar refractivity (Wildman–Crippen MR) is 83.6 cm³/mol. The summed E-state index contributed by atoms with van der Waals surface area (Å²) >= 11 is 1.74. The van der Waals surface area contributed by atoms with Crippen LogP contribution in [0.1, 0.15) is 10.9 Å². The van der Waals surface area contributed by atoms with Crippen LogP contribution in [0.2, 0.25) is 0 Å². The molecule has 0 saturated carbocycles. The van der Waals surface area contributed by atoms with E-state index in [1.54, 1.807) is 18.4 Å². The molecule has 2 rings (SSSR count). The maximum Gasteiger partial charge on any atom is 0.234 e. The molecule has 1 atom stereocenters. The molecule has 20 heavy (non-hydrogen) atoms. The largest absolute Gasteiger partial charge is 0.379 e. The first-order chi connectivity index (χ1) is 9.31. The molecular weight excluding hydrogens is 298 g/mol. The second-order valence-electron chi connectivity index (χ2n) is 4.51. The summed E-state index contributed by atoms with van der Waals surface area (Å²) in [6.45, 7) is 4.40. The van der Waals surface area contributed by atoms with Crippen LogP contribution in [0, 0.1) is 0 Å². The van der Waals surface area contributed by atoms with Gasteiger partial charge in [-0.15, -0.1) is 23.7 Å². The zero-order valence-corrected chi connectivity index (χ0v) is 13.3. The molecule has 114 valence electrons. The van der Waals surface area contributed by atoms with Gasteiger partial charge in [-0.25, -0.2) is 0 Å². The van der Waals surface area contributed by atoms with Crippen LogP contribution in [0.25, 0.3) is 0 Å². The fourth-order valence-corrected chi connectivity index (χ4v) is 3.07. The first kappa shape index (κ1) is 17.4. The highest BCUT2D eigenvalue weighted by molar-refractivity contribution is 7.10. The Bertz CT molecular complexity index is 383. The fourth-order valence-electron chi connectivity index (χ4n) is 2.21. The van der Waals surface area contributed by atoms with Crippen molar-refractivity contribution in [3.05, 3.63) is 22.4 Å². The molecule has 5 nitrogen and oxygen atoms in total. The second kappa shape index (κ2) is 9.31. The summed E-state index contributed by atoms with van der Waals surface area (Å²) in [5.41, 5.74) is 0. The molecule has 0 bridgehead atoms. The van der Waals surface area contributed by atoms with Gasteiger partial charge in [0.2, 0.25) is 5.91 Å². The van der Waals surface area contributed by atoms with Crippen molar-refractivity contribution in [2.75, 3.05) is 46.4 Å². The van der Waals surface area contributed by atoms with Crippen LogP contribution in [0.3, 0.4) is 0 Å². The fraction of sp³-hybridized carbons (Fsp3) is 0.615. The lowest BCUT2D eigenvalue weighted by atomic mass is 10.2. The minimum Gasteiger partial charge on any atom is -0.379 e. The number of nitrogens with one attached hydrogen (secondary N) is 2. The summed E-state index contributed by atoms with van der Waals surface area (Å²) in [5.74, 6) is 0.0392. The summed E-state index contributed by atoms with van der Waals surface area (Å²) in [6, 6.07) is 4.45. The third-order valence-corrected chi connectivity index (χ3v) is 4.16. The van der Waals surface area contributed by atoms with Crippen LogP contribution >= 0.6 is 23.7 Å². The number of hydrogen-bond donors (Lipinski definition) is 2. The average molecular weight is 320 g/mol. The number of hydrogen-bond acceptors (Lipinski definition) is 5. The molecular formula is C13H22ClN3O2S. The number of nitrogens with zero attached hydrogens (tertiary/aromatic N) is 1. The van der Waals surface area contributed by atoms with Crippen molar-refractivity contribution in [2.24, 2.45) is 0 Å². The van der Waals surface area contributed by atoms with Crippen molar-refractivity contribution >= 4 is 29.7 Å². The third kappa shape index (κ3) is 5.03. The van der Waals surface area contributed by atoms with Crippen molar-refractivity contribution in [1.82, 2.24) is 15.5 Å². The molecule has 1 unspecified atom stereocenters. The maximum absolute atomic E-state index is 11.6. The Morgan fingerprint density at radius 2 is 2.25 bits per heavy atom. The van der Waals surface area contributed by atoms with Crippen molar-refractivity contribution in [1.29, 1.82) is 0 Å². The van der Waals surface area contributed by atoms with Crippen molar-refractivity contribution in [2.45, 2.75) is 6.04 Å². The molecule has 2 heterocycles. The Kier molecular flexibility index (Phi) is 8.09. The first-order valence-corrected chi connectivity index (χ1v) is 7.45. The SMILES string of the molecule is CNCC(=O)NCC(c1cccs1)N1CCOCC1.Cl. The van der Waals surface area contributed by atoms with Crippen molar-refractivity contribution in [3.8, 4) is 0 Å². The number of likely N-dealkylation sites (N-methyl/N-ethyl adjacent to an activating group) is 1. The van der Waals surface area contributed by atoms with Gasteiger partial charge >= 0.3 is 0 Å². The Labute approximate surface area is 130 Å². The van der Waals surface area contributed by atoms with Gasteiger partial charge in [0.25, 0.3) is 0 Å². The van der Waals surface area contributed by atoms with Gasteiger partial charge in [-0.1, -0.05) is 6.07 Å². The molecule has 1 aliphatic heterocycles. The Balaban J connectivity index is 0.00000200. The number of halogens is 1. The predicted octanol–water partition coefficient (Wildman–Crippen LogP) is 0.879. The lowest BCUT2D eigenvalue weighted by Crippen LogP contribution is -2.44. The maximum atomic E-state index is 11.6. The zero-order valence-electron chi connectivity index (χ0n) is 11.6. The molecule has 1 aliphatic rings. The van der Waals surface area contributed by atoms with Crippen LogP contribution < -0.4 is 10.6 Å². The molecule has 0 radical (unpaired) electrons. The number of ether oxygens (including phenoxy) is 1. The van der Waals surface area contributed by atoms with Gasteiger partial charge in [0.15, 0.2) is 0 Å². The number of carbonyl (C=O) groups is 1. The van der Waals surface area contributed by atoms with Crippen molar-refractivity contribution in [3.63, 3.8) is 0 Å². The van der Waals surface area contributed by atoms with Gasteiger partial charge in [-0.05, 0) is 18.5 Å². The van der Waals surface area contributed by atoms with Crippen LogP contribution in [0.15, 0.2) is 17.5 Å². The van der Waals surface area contributed by atoms with Gasteiger partial charge in [-0.2, -0.15) is 0 Å². The van der Waals surface area contributed by atoms with E-state index >= 15 is 0 Å². The van der Waals surface area contributed by atoms with E-state index in [1.165, 1.54) is 4.88 Å². The van der Waals surface area contributed by atoms with Crippen LogP contribution in [-0.4, -0.2) is 57.2 Å². The van der Waals surface area contributed by atoms with Crippen LogP contribution in [-0.2, 0) is 9.53 Å². The van der Waals surface area contributed by atoms with Crippen LogP contribution in [0.4, 0.5) is 0 Å². The molecule has 1 amide bonds. The topological polar surface area (TPSA) is 53.6 Å². The lowest BCUT2D eigenvalue weighted by Gasteiger charge is -2.34. The third-order valence-electron chi connectivity index (χ3n) is 3.19. The molecule has 1 fully saturated rings. The highest BCUT2D eigenvalue weighted by atomic mass is 35.5. The van der Waals surface area contributed by atoms with Crippen LogP contribution in [0.5, 0.6) is 0 Å². The Hall–Kier alpha value is -0.660. The van der Waals surface area contributed by atoms with E-state index in [1.807, 2.05) is 0 Å². The average Bonchev–Trinajstić information content (AvgIpc) is 2.94. The quantitative estimate of drug-likeness (QED) is 0.817. The minimum atomic E-state index is 0. The summed E-state index contributed by atoms with van der Waals surface area (Å²) in [7, 11) is 1.78. The van der Waals surface area contributed by atoms with Gasteiger partial charge in [0, 0.05) is 24.5 Å². The number of amides is 1. The number of carbonyl (C=O) groups excluding carboxylic acids is 1. The van der Waals surface area contributed by atoms with Gasteiger partial charge in [0.05, 0.1) is 25.8 Å². The molecule has 7 heteroatoms. The summed E-state index contributed by atoms with van der Waals surface area (Å²) in [5, 5.41) is 7.94. The van der Waals surface area contributed by atoms with E-state index in [4.69, 9.17) is 4.74 Å². The number of thiophene rings is 1.